The van der Waals surface area contributed by atoms with Crippen LogP contribution in [0, 0.1) is 0 Å². The van der Waals surface area contributed by atoms with Crippen molar-refractivity contribution in [1.29, 1.82) is 0 Å². The molecule has 0 aromatic rings. The zero-order chi connectivity index (χ0) is 32.8. The van der Waals surface area contributed by atoms with Crippen LogP contribution in [0.5, 0.6) is 0 Å². The molecule has 4 aliphatic rings. The molecule has 0 radical (unpaired) electrons. The smallest absolute Gasteiger partial charge is 0.306 e. The number of allylic oxidation sites excluding steroid dienone is 2. The standard InChI is InChI=1S/C32H54O13/c1-20-16-14-12-10-8-6-4-3-5-7-9-11-13-15-17-24(35)44-29-22(18-33)42-31(28(39)27(29)38)45-30-26(37)25(36)23(19-40-21(2)34)43-32(30)41-20/h3-4,20,22-23,25-33,36-39H,5-19H2,1-2H3/b4-3-/t20?,22-,23-,25-,26+,27-,28-,29-,30-,31+,32-/m1/s1. The molecule has 0 spiro atoms. The fraction of sp³-hybridized carbons (Fsp3) is 0.875. The Kier molecular flexibility index (Phi) is 16.7. The van der Waals surface area contributed by atoms with Crippen LogP contribution in [0.3, 0.4) is 0 Å². The first-order valence-electron chi connectivity index (χ1n) is 16.5. The molecule has 13 nitrogen and oxygen atoms in total. The molecule has 13 heteroatoms. The molecule has 0 amide bonds. The van der Waals surface area contributed by atoms with Crippen molar-refractivity contribution >= 4 is 11.9 Å². The first-order valence-corrected chi connectivity index (χ1v) is 16.5. The molecular formula is C32H54O13. The average molecular weight is 647 g/mol. The van der Waals surface area contributed by atoms with Gasteiger partial charge >= 0.3 is 11.9 Å². The molecule has 2 fully saturated rings. The number of rotatable bonds is 3. The maximum atomic E-state index is 12.6. The first-order chi connectivity index (χ1) is 21.6. The van der Waals surface area contributed by atoms with E-state index in [4.69, 9.17) is 28.4 Å². The molecular weight excluding hydrogens is 592 g/mol. The molecule has 4 rings (SSSR count). The van der Waals surface area contributed by atoms with Crippen LogP contribution in [0.15, 0.2) is 12.2 Å². The fourth-order valence-corrected chi connectivity index (χ4v) is 5.82. The monoisotopic (exact) mass is 646 g/mol. The zero-order valence-corrected chi connectivity index (χ0v) is 26.6. The van der Waals surface area contributed by atoms with Gasteiger partial charge in [-0.15, -0.1) is 0 Å². The van der Waals surface area contributed by atoms with Crippen LogP contribution in [0.1, 0.15) is 97.3 Å². The molecule has 0 aliphatic carbocycles. The highest BCUT2D eigenvalue weighted by molar-refractivity contribution is 5.69. The van der Waals surface area contributed by atoms with E-state index in [1.165, 1.54) is 6.92 Å². The number of esters is 2. The Balaban J connectivity index is 1.75. The summed E-state index contributed by atoms with van der Waals surface area (Å²) < 4.78 is 34.1. The number of carbonyl (C=O) groups excluding carboxylic acids is 2. The number of aliphatic hydroxyl groups is 5. The van der Waals surface area contributed by atoms with E-state index in [1.807, 2.05) is 6.92 Å². The number of hydrogen-bond donors (Lipinski definition) is 5. The van der Waals surface area contributed by atoms with Gasteiger partial charge in [0, 0.05) is 13.3 Å². The molecule has 2 saturated heterocycles. The summed E-state index contributed by atoms with van der Waals surface area (Å²) in [4.78, 5) is 23.9. The molecule has 4 heterocycles. The van der Waals surface area contributed by atoms with E-state index < -0.39 is 80.0 Å². The van der Waals surface area contributed by atoms with Crippen LogP contribution in [0.2, 0.25) is 0 Å². The summed E-state index contributed by atoms with van der Waals surface area (Å²) >= 11 is 0. The number of aliphatic hydroxyl groups excluding tert-OH is 5. The van der Waals surface area contributed by atoms with Gasteiger partial charge in [0.1, 0.15) is 49.3 Å². The summed E-state index contributed by atoms with van der Waals surface area (Å²) in [5.41, 5.74) is 0. The van der Waals surface area contributed by atoms with E-state index in [0.29, 0.717) is 12.8 Å². The Labute approximate surface area is 265 Å². The Morgan fingerprint density at radius 1 is 0.756 bits per heavy atom. The predicted octanol–water partition coefficient (Wildman–Crippen LogP) is 1.78. The van der Waals surface area contributed by atoms with Gasteiger partial charge in [0.25, 0.3) is 0 Å². The summed E-state index contributed by atoms with van der Waals surface area (Å²) in [6, 6.07) is 0. The summed E-state index contributed by atoms with van der Waals surface area (Å²) in [5.74, 6) is -1.18. The Hall–Kier alpha value is -1.68. The molecule has 4 aliphatic heterocycles. The summed E-state index contributed by atoms with van der Waals surface area (Å²) in [6.07, 6.45) is 0.998. The van der Waals surface area contributed by atoms with Crippen molar-refractivity contribution in [2.45, 2.75) is 165 Å². The normalized spacial score (nSPS) is 39.7. The Morgan fingerprint density at radius 3 is 2.02 bits per heavy atom. The quantitative estimate of drug-likeness (QED) is 0.221. The van der Waals surface area contributed by atoms with Crippen LogP contribution in [0.4, 0.5) is 0 Å². The lowest BCUT2D eigenvalue weighted by atomic mass is 9.97. The second-order valence-electron chi connectivity index (χ2n) is 12.3. The van der Waals surface area contributed by atoms with Crippen LogP contribution in [-0.2, 0) is 38.0 Å². The van der Waals surface area contributed by atoms with E-state index in [1.54, 1.807) is 0 Å². The number of fused-ring (bicyclic) bond motifs is 19. The lowest BCUT2D eigenvalue weighted by Gasteiger charge is -2.46. The SMILES string of the molecule is CC(=O)OC[C@H]1O[C@H]2OC(C)CCCCCC/C=C\CCCCCCCC(=O)O[C@H]3[C@H](O)[C@@H](O)[C@H](O[C@@H]2[C@@H](O)[C@@H]1O)O[C@@H]3CO. The first kappa shape index (κ1) is 37.8. The molecule has 11 atom stereocenters. The Morgan fingerprint density at radius 2 is 1.36 bits per heavy atom. The summed E-state index contributed by atoms with van der Waals surface area (Å²) in [6.45, 7) is 2.04. The van der Waals surface area contributed by atoms with Crippen molar-refractivity contribution in [2.24, 2.45) is 0 Å². The van der Waals surface area contributed by atoms with Crippen molar-refractivity contribution < 1.29 is 63.5 Å². The zero-order valence-electron chi connectivity index (χ0n) is 26.6. The highest BCUT2D eigenvalue weighted by Crippen LogP contribution is 2.32. The third-order valence-corrected chi connectivity index (χ3v) is 8.49. The second kappa shape index (κ2) is 19.9. The molecule has 45 heavy (non-hydrogen) atoms. The molecule has 260 valence electrons. The molecule has 5 N–H and O–H groups in total. The molecule has 2 bridgehead atoms. The second-order valence-corrected chi connectivity index (χ2v) is 12.3. The van der Waals surface area contributed by atoms with Crippen molar-refractivity contribution in [1.82, 2.24) is 0 Å². The minimum Gasteiger partial charge on any atom is -0.463 e. The van der Waals surface area contributed by atoms with Gasteiger partial charge in [-0.1, -0.05) is 50.7 Å². The minimum absolute atomic E-state index is 0.118. The van der Waals surface area contributed by atoms with Gasteiger partial charge < -0.3 is 54.0 Å². The Bertz CT molecular complexity index is 898. The minimum atomic E-state index is -1.75. The van der Waals surface area contributed by atoms with Gasteiger partial charge in [-0.05, 0) is 45.4 Å². The van der Waals surface area contributed by atoms with Gasteiger partial charge in [0.2, 0.25) is 0 Å². The van der Waals surface area contributed by atoms with Crippen molar-refractivity contribution in [3.63, 3.8) is 0 Å². The van der Waals surface area contributed by atoms with Gasteiger partial charge in [-0.25, -0.2) is 0 Å². The van der Waals surface area contributed by atoms with Gasteiger partial charge in [0.15, 0.2) is 18.7 Å². The molecule has 1 unspecified atom stereocenters. The van der Waals surface area contributed by atoms with Gasteiger partial charge in [-0.2, -0.15) is 0 Å². The van der Waals surface area contributed by atoms with Gasteiger partial charge in [0.05, 0.1) is 12.7 Å². The van der Waals surface area contributed by atoms with Crippen molar-refractivity contribution in [2.75, 3.05) is 13.2 Å². The molecule has 0 aromatic carbocycles. The largest absolute Gasteiger partial charge is 0.463 e. The summed E-state index contributed by atoms with van der Waals surface area (Å²) in [5, 5.41) is 53.6. The maximum absolute atomic E-state index is 12.6. The lowest BCUT2D eigenvalue weighted by Crippen LogP contribution is -2.65. The molecule has 0 aromatic heterocycles. The van der Waals surface area contributed by atoms with Crippen molar-refractivity contribution in [3.05, 3.63) is 12.2 Å². The lowest BCUT2D eigenvalue weighted by molar-refractivity contribution is -0.371. The van der Waals surface area contributed by atoms with E-state index >= 15 is 0 Å². The van der Waals surface area contributed by atoms with E-state index in [0.717, 1.165) is 64.2 Å². The highest BCUT2D eigenvalue weighted by atomic mass is 16.8. The fourth-order valence-electron chi connectivity index (χ4n) is 5.82. The predicted molar refractivity (Wildman–Crippen MR) is 160 cm³/mol. The van der Waals surface area contributed by atoms with E-state index in [9.17, 15) is 35.1 Å². The van der Waals surface area contributed by atoms with E-state index in [2.05, 4.69) is 12.2 Å². The summed E-state index contributed by atoms with van der Waals surface area (Å²) in [7, 11) is 0. The topological polar surface area (TPSA) is 191 Å². The third-order valence-electron chi connectivity index (χ3n) is 8.49. The van der Waals surface area contributed by atoms with Crippen LogP contribution >= 0.6 is 0 Å². The van der Waals surface area contributed by atoms with E-state index in [-0.39, 0.29) is 19.1 Å². The number of ether oxygens (including phenoxy) is 6. The third kappa shape index (κ3) is 12.1. The van der Waals surface area contributed by atoms with Crippen LogP contribution in [0.25, 0.3) is 0 Å². The highest BCUT2D eigenvalue weighted by Gasteiger charge is 2.52. The van der Waals surface area contributed by atoms with Crippen molar-refractivity contribution in [3.8, 4) is 0 Å². The van der Waals surface area contributed by atoms with Gasteiger partial charge in [-0.3, -0.25) is 9.59 Å². The maximum Gasteiger partial charge on any atom is 0.306 e. The molecule has 0 saturated carbocycles. The van der Waals surface area contributed by atoms with Crippen LogP contribution < -0.4 is 0 Å². The average Bonchev–Trinajstić information content (AvgIpc) is 3.00. The number of carbonyl (C=O) groups is 2. The van der Waals surface area contributed by atoms with Crippen LogP contribution in [-0.4, -0.2) is 118 Å². The number of hydrogen-bond acceptors (Lipinski definition) is 13.